The zero-order chi connectivity index (χ0) is 30.1. The van der Waals surface area contributed by atoms with E-state index in [-0.39, 0.29) is 5.91 Å². The van der Waals surface area contributed by atoms with E-state index in [1.54, 1.807) is 25.4 Å². The Hall–Kier alpha value is -4.19. The summed E-state index contributed by atoms with van der Waals surface area (Å²) in [4.78, 5) is 32.5. The van der Waals surface area contributed by atoms with E-state index in [1.807, 2.05) is 43.9 Å². The average Bonchev–Trinajstić information content (AvgIpc) is 3.04. The standard InChI is InChI=1S/C34H36N2O4.C2H6/c1-23-19-27(14-16-31(23)39-2)26-11-9-25(10-12-26)22-36(32(37)20-24-7-5-4-6-8-24)33-30-15-13-29(34(38)40-3)21-28(30)17-18-35-33;1-2/h9-19,21,24H,4-8,20,22H2,1-3H3;1-2H3. The minimum absolute atomic E-state index is 0.0822. The fourth-order valence-electron chi connectivity index (χ4n) is 5.69. The number of carbonyl (C=O) groups is 2. The number of amides is 1. The van der Waals surface area contributed by atoms with Crippen LogP contribution in [-0.4, -0.2) is 31.1 Å². The highest BCUT2D eigenvalue weighted by Gasteiger charge is 2.25. The summed E-state index contributed by atoms with van der Waals surface area (Å²) in [6.45, 7) is 6.45. The fourth-order valence-corrected chi connectivity index (χ4v) is 5.69. The van der Waals surface area contributed by atoms with Crippen LogP contribution in [0.25, 0.3) is 21.9 Å². The maximum Gasteiger partial charge on any atom is 0.337 e. The minimum Gasteiger partial charge on any atom is -0.496 e. The second-order valence-electron chi connectivity index (χ2n) is 10.6. The van der Waals surface area contributed by atoms with Gasteiger partial charge < -0.3 is 9.47 Å². The monoisotopic (exact) mass is 566 g/mol. The molecular weight excluding hydrogens is 524 g/mol. The van der Waals surface area contributed by atoms with E-state index in [2.05, 4.69) is 41.4 Å². The van der Waals surface area contributed by atoms with Gasteiger partial charge in [0.15, 0.2) is 0 Å². The normalized spacial score (nSPS) is 13.2. The summed E-state index contributed by atoms with van der Waals surface area (Å²) in [5, 5.41) is 1.67. The number of nitrogens with zero attached hydrogens (tertiary/aromatic N) is 2. The number of aromatic nitrogens is 1. The first-order chi connectivity index (χ1) is 20.5. The molecule has 0 unspecified atom stereocenters. The van der Waals surface area contributed by atoms with Crippen molar-refractivity contribution in [1.29, 1.82) is 0 Å². The van der Waals surface area contributed by atoms with Gasteiger partial charge in [0.1, 0.15) is 11.6 Å². The molecule has 3 aromatic carbocycles. The highest BCUT2D eigenvalue weighted by Crippen LogP contribution is 2.32. The number of ether oxygens (including phenoxy) is 2. The molecule has 6 heteroatoms. The molecule has 1 heterocycles. The van der Waals surface area contributed by atoms with Crippen LogP contribution in [0.15, 0.2) is 72.9 Å². The molecule has 0 atom stereocenters. The summed E-state index contributed by atoms with van der Waals surface area (Å²) in [6, 6.07) is 21.8. The molecule has 0 bridgehead atoms. The Morgan fingerprint density at radius 2 is 1.60 bits per heavy atom. The van der Waals surface area contributed by atoms with Crippen LogP contribution in [0.3, 0.4) is 0 Å². The summed E-state index contributed by atoms with van der Waals surface area (Å²) in [7, 11) is 3.05. The predicted molar refractivity (Wildman–Crippen MR) is 170 cm³/mol. The van der Waals surface area contributed by atoms with Crippen LogP contribution in [0.5, 0.6) is 5.75 Å². The number of aryl methyl sites for hydroxylation is 1. The molecule has 1 amide bonds. The first-order valence-corrected chi connectivity index (χ1v) is 15.0. The van der Waals surface area contributed by atoms with Crippen LogP contribution in [0.4, 0.5) is 5.82 Å². The fraction of sp³-hybridized carbons (Fsp3) is 0.361. The summed E-state index contributed by atoms with van der Waals surface area (Å²) in [6.07, 6.45) is 8.04. The van der Waals surface area contributed by atoms with E-state index < -0.39 is 5.97 Å². The largest absolute Gasteiger partial charge is 0.496 e. The van der Waals surface area contributed by atoms with E-state index in [0.717, 1.165) is 51.6 Å². The van der Waals surface area contributed by atoms with Crippen LogP contribution < -0.4 is 9.64 Å². The SMILES string of the molecule is CC.COC(=O)c1ccc2c(N(Cc3ccc(-c4ccc(OC)c(C)c4)cc3)C(=O)CC3CCCCC3)nccc2c1. The number of esters is 1. The molecule has 1 aliphatic rings. The number of hydrogen-bond acceptors (Lipinski definition) is 5. The van der Waals surface area contributed by atoms with Crippen molar-refractivity contribution in [2.45, 2.75) is 65.8 Å². The average molecular weight is 567 g/mol. The molecule has 1 aromatic heterocycles. The van der Waals surface area contributed by atoms with E-state index in [4.69, 9.17) is 9.47 Å². The Morgan fingerprint density at radius 3 is 2.26 bits per heavy atom. The lowest BCUT2D eigenvalue weighted by Gasteiger charge is -2.27. The summed E-state index contributed by atoms with van der Waals surface area (Å²) < 4.78 is 10.3. The van der Waals surface area contributed by atoms with Crippen molar-refractivity contribution in [1.82, 2.24) is 4.98 Å². The lowest BCUT2D eigenvalue weighted by atomic mass is 9.86. The molecular formula is C36H42N2O4. The van der Waals surface area contributed by atoms with Gasteiger partial charge in [0.25, 0.3) is 0 Å². The number of pyridine rings is 1. The van der Waals surface area contributed by atoms with E-state index in [0.29, 0.717) is 30.3 Å². The lowest BCUT2D eigenvalue weighted by Crippen LogP contribution is -2.33. The zero-order valence-corrected chi connectivity index (χ0v) is 25.5. The Labute approximate surface area is 249 Å². The molecule has 0 spiro atoms. The topological polar surface area (TPSA) is 68.7 Å². The summed E-state index contributed by atoms with van der Waals surface area (Å²) >= 11 is 0. The van der Waals surface area contributed by atoms with E-state index >= 15 is 0 Å². The molecule has 1 saturated carbocycles. The van der Waals surface area contributed by atoms with Gasteiger partial charge in [-0.15, -0.1) is 0 Å². The number of hydrogen-bond donors (Lipinski definition) is 0. The molecule has 1 fully saturated rings. The summed E-state index contributed by atoms with van der Waals surface area (Å²) in [5.74, 6) is 1.58. The van der Waals surface area contributed by atoms with Gasteiger partial charge in [0.05, 0.1) is 26.3 Å². The van der Waals surface area contributed by atoms with E-state index in [1.165, 1.54) is 26.4 Å². The minimum atomic E-state index is -0.391. The molecule has 1 aliphatic carbocycles. The van der Waals surface area contributed by atoms with Crippen molar-refractivity contribution in [2.24, 2.45) is 5.92 Å². The van der Waals surface area contributed by atoms with Crippen molar-refractivity contribution < 1.29 is 19.1 Å². The molecule has 5 rings (SSSR count). The molecule has 4 aromatic rings. The second-order valence-corrected chi connectivity index (χ2v) is 10.6. The van der Waals surface area contributed by atoms with Crippen LogP contribution >= 0.6 is 0 Å². The van der Waals surface area contributed by atoms with Crippen molar-refractivity contribution in [3.63, 3.8) is 0 Å². The van der Waals surface area contributed by atoms with Gasteiger partial charge in [-0.2, -0.15) is 0 Å². The quantitative estimate of drug-likeness (QED) is 0.200. The van der Waals surface area contributed by atoms with Crippen molar-refractivity contribution in [3.05, 3.63) is 89.6 Å². The zero-order valence-electron chi connectivity index (χ0n) is 25.5. The third-order valence-electron chi connectivity index (χ3n) is 7.93. The Morgan fingerprint density at radius 1 is 0.881 bits per heavy atom. The summed E-state index contributed by atoms with van der Waals surface area (Å²) in [5.41, 5.74) is 4.80. The Kier molecular flexibility index (Phi) is 10.7. The molecule has 0 N–H and O–H groups in total. The van der Waals surface area contributed by atoms with E-state index in [9.17, 15) is 9.59 Å². The van der Waals surface area contributed by atoms with Crippen molar-refractivity contribution >= 4 is 28.5 Å². The van der Waals surface area contributed by atoms with Crippen LogP contribution in [-0.2, 0) is 16.1 Å². The number of methoxy groups -OCH3 is 2. The first kappa shape index (κ1) is 30.8. The predicted octanol–water partition coefficient (Wildman–Crippen LogP) is 8.54. The second kappa shape index (κ2) is 14.6. The third-order valence-corrected chi connectivity index (χ3v) is 7.93. The molecule has 42 heavy (non-hydrogen) atoms. The highest BCUT2D eigenvalue weighted by molar-refractivity contribution is 6.04. The number of anilines is 1. The first-order valence-electron chi connectivity index (χ1n) is 15.0. The van der Waals surface area contributed by atoms with Crippen LogP contribution in [0.1, 0.15) is 73.9 Å². The van der Waals surface area contributed by atoms with Gasteiger partial charge in [-0.1, -0.05) is 63.4 Å². The number of benzene rings is 3. The molecule has 6 nitrogen and oxygen atoms in total. The number of rotatable bonds is 8. The van der Waals surface area contributed by atoms with Gasteiger partial charge in [-0.05, 0) is 89.7 Å². The molecule has 0 aliphatic heterocycles. The third kappa shape index (κ3) is 7.17. The smallest absolute Gasteiger partial charge is 0.337 e. The lowest BCUT2D eigenvalue weighted by molar-refractivity contribution is -0.119. The van der Waals surface area contributed by atoms with Crippen molar-refractivity contribution in [3.8, 4) is 16.9 Å². The van der Waals surface area contributed by atoms with Gasteiger partial charge in [-0.25, -0.2) is 9.78 Å². The van der Waals surface area contributed by atoms with Gasteiger partial charge in [0, 0.05) is 18.0 Å². The Bertz CT molecular complexity index is 1510. The Balaban J connectivity index is 0.00000198. The van der Waals surface area contributed by atoms with Gasteiger partial charge >= 0.3 is 5.97 Å². The molecule has 220 valence electrons. The maximum atomic E-state index is 13.9. The van der Waals surface area contributed by atoms with Crippen molar-refractivity contribution in [2.75, 3.05) is 19.1 Å². The molecule has 0 radical (unpaired) electrons. The number of carbonyl (C=O) groups excluding carboxylic acids is 2. The van der Waals surface area contributed by atoms with Gasteiger partial charge in [0.2, 0.25) is 5.91 Å². The van der Waals surface area contributed by atoms with Crippen LogP contribution in [0, 0.1) is 12.8 Å². The number of fused-ring (bicyclic) bond motifs is 1. The van der Waals surface area contributed by atoms with Gasteiger partial charge in [-0.3, -0.25) is 9.69 Å². The maximum absolute atomic E-state index is 13.9. The van der Waals surface area contributed by atoms with Crippen LogP contribution in [0.2, 0.25) is 0 Å². The molecule has 0 saturated heterocycles. The highest BCUT2D eigenvalue weighted by atomic mass is 16.5.